The van der Waals surface area contributed by atoms with Crippen LogP contribution in [0.3, 0.4) is 0 Å². The van der Waals surface area contributed by atoms with Gasteiger partial charge in [0.25, 0.3) is 0 Å². The summed E-state index contributed by atoms with van der Waals surface area (Å²) in [6.45, 7) is 6.83. The van der Waals surface area contributed by atoms with Gasteiger partial charge in [-0.2, -0.15) is 0 Å². The summed E-state index contributed by atoms with van der Waals surface area (Å²) < 4.78 is 26.7. The molecular weight excluding hydrogens is 530 g/mol. The molecule has 0 fully saturated rings. The molecule has 0 saturated heterocycles. The molecule has 0 aliphatic carbocycles. The molecule has 0 radical (unpaired) electrons. The van der Waals surface area contributed by atoms with E-state index in [1.807, 2.05) is 20.8 Å². The quantitative estimate of drug-likeness (QED) is 0.526. The first-order chi connectivity index (χ1) is 15.2. The van der Waals surface area contributed by atoms with E-state index in [4.69, 9.17) is 11.6 Å². The van der Waals surface area contributed by atoms with Crippen LogP contribution in [0.4, 0.5) is 5.69 Å². The second-order valence-electron chi connectivity index (χ2n) is 8.78. The Kier molecular flexibility index (Phi) is 8.95. The van der Waals surface area contributed by atoms with Crippen molar-refractivity contribution in [1.29, 1.82) is 0 Å². The van der Waals surface area contributed by atoms with Crippen LogP contribution in [0.5, 0.6) is 0 Å². The minimum absolute atomic E-state index is 0.113. The lowest BCUT2D eigenvalue weighted by molar-refractivity contribution is -0.140. The van der Waals surface area contributed by atoms with E-state index in [1.54, 1.807) is 55.5 Å². The predicted octanol–water partition coefficient (Wildman–Crippen LogP) is 4.20. The maximum atomic E-state index is 13.5. The SMILES string of the molecule is C[C@@H](C(=O)NC(C)(C)C)N(Cc1ccc(Cl)cc1)C(=O)CN(c1ccccc1Br)S(C)(=O)=O. The molecule has 2 rings (SSSR count). The molecule has 7 nitrogen and oxygen atoms in total. The Morgan fingerprint density at radius 2 is 1.67 bits per heavy atom. The Bertz CT molecular complexity index is 1100. The summed E-state index contributed by atoms with van der Waals surface area (Å²) in [4.78, 5) is 27.7. The summed E-state index contributed by atoms with van der Waals surface area (Å²) in [7, 11) is -3.78. The van der Waals surface area contributed by atoms with Gasteiger partial charge in [-0.3, -0.25) is 13.9 Å². The number of rotatable bonds is 8. The molecule has 0 aliphatic rings. The van der Waals surface area contributed by atoms with E-state index in [9.17, 15) is 18.0 Å². The molecule has 0 aromatic heterocycles. The van der Waals surface area contributed by atoms with Crippen LogP contribution in [-0.2, 0) is 26.2 Å². The average Bonchev–Trinajstić information content (AvgIpc) is 2.69. The molecule has 0 spiro atoms. The van der Waals surface area contributed by atoms with Gasteiger partial charge in [0.1, 0.15) is 12.6 Å². The second-order valence-corrected chi connectivity index (χ2v) is 12.0. The van der Waals surface area contributed by atoms with Gasteiger partial charge >= 0.3 is 0 Å². The molecule has 2 amide bonds. The monoisotopic (exact) mass is 557 g/mol. The number of nitrogens with one attached hydrogen (secondary N) is 1. The number of benzene rings is 2. The molecule has 1 atom stereocenters. The molecule has 180 valence electrons. The highest BCUT2D eigenvalue weighted by molar-refractivity contribution is 9.10. The Morgan fingerprint density at radius 1 is 1.09 bits per heavy atom. The van der Waals surface area contributed by atoms with E-state index in [0.717, 1.165) is 16.1 Å². The Balaban J connectivity index is 2.41. The zero-order valence-corrected chi connectivity index (χ0v) is 22.5. The van der Waals surface area contributed by atoms with Crippen molar-refractivity contribution >= 4 is 55.1 Å². The summed E-state index contributed by atoms with van der Waals surface area (Å²) in [5.74, 6) is -0.848. The highest BCUT2D eigenvalue weighted by Gasteiger charge is 2.31. The van der Waals surface area contributed by atoms with E-state index in [1.165, 1.54) is 4.90 Å². The lowest BCUT2D eigenvalue weighted by Crippen LogP contribution is -2.54. The number of halogens is 2. The number of nitrogens with zero attached hydrogens (tertiary/aromatic N) is 2. The minimum Gasteiger partial charge on any atom is -0.350 e. The Hall–Kier alpha value is -2.10. The van der Waals surface area contributed by atoms with Gasteiger partial charge in [0, 0.05) is 21.6 Å². The average molecular weight is 559 g/mol. The van der Waals surface area contributed by atoms with E-state index in [-0.39, 0.29) is 12.5 Å². The van der Waals surface area contributed by atoms with Gasteiger partial charge in [0.15, 0.2) is 0 Å². The number of para-hydroxylation sites is 1. The van der Waals surface area contributed by atoms with E-state index in [2.05, 4.69) is 21.2 Å². The van der Waals surface area contributed by atoms with Crippen LogP contribution >= 0.6 is 27.5 Å². The molecule has 0 heterocycles. The van der Waals surface area contributed by atoms with Crippen molar-refractivity contribution in [2.45, 2.75) is 45.8 Å². The summed E-state index contributed by atoms with van der Waals surface area (Å²) in [5, 5.41) is 3.43. The summed E-state index contributed by atoms with van der Waals surface area (Å²) >= 11 is 9.33. The minimum atomic E-state index is -3.78. The van der Waals surface area contributed by atoms with Crippen LogP contribution in [0.2, 0.25) is 5.02 Å². The maximum absolute atomic E-state index is 13.5. The van der Waals surface area contributed by atoms with Crippen LogP contribution in [0, 0.1) is 0 Å². The van der Waals surface area contributed by atoms with Crippen molar-refractivity contribution in [3.05, 3.63) is 63.6 Å². The van der Waals surface area contributed by atoms with Crippen molar-refractivity contribution in [1.82, 2.24) is 10.2 Å². The van der Waals surface area contributed by atoms with Crippen molar-refractivity contribution in [3.8, 4) is 0 Å². The first-order valence-electron chi connectivity index (χ1n) is 10.3. The molecule has 1 N–H and O–H groups in total. The smallest absolute Gasteiger partial charge is 0.244 e. The number of anilines is 1. The Morgan fingerprint density at radius 3 is 2.18 bits per heavy atom. The van der Waals surface area contributed by atoms with Crippen molar-refractivity contribution < 1.29 is 18.0 Å². The summed E-state index contributed by atoms with van der Waals surface area (Å²) in [6, 6.07) is 12.8. The number of amides is 2. The van der Waals surface area contributed by atoms with E-state index < -0.39 is 34.1 Å². The van der Waals surface area contributed by atoms with Gasteiger partial charge in [-0.1, -0.05) is 35.9 Å². The summed E-state index contributed by atoms with van der Waals surface area (Å²) in [6.07, 6.45) is 1.04. The standard InChI is InChI=1S/C23H29BrClN3O4S/c1-16(22(30)26-23(2,3)4)27(14-17-10-12-18(25)13-11-17)21(29)15-28(33(5,31)32)20-9-7-6-8-19(20)24/h6-13,16H,14-15H2,1-5H3,(H,26,30)/t16-/m0/s1. The third-order valence-electron chi connectivity index (χ3n) is 4.73. The van der Waals surface area contributed by atoms with Crippen molar-refractivity contribution in [2.24, 2.45) is 0 Å². The molecule has 33 heavy (non-hydrogen) atoms. The van der Waals surface area contributed by atoms with Gasteiger partial charge < -0.3 is 10.2 Å². The van der Waals surface area contributed by atoms with Crippen LogP contribution in [0.1, 0.15) is 33.3 Å². The Labute approximate surface area is 209 Å². The molecule has 0 unspecified atom stereocenters. The largest absolute Gasteiger partial charge is 0.350 e. The van der Waals surface area contributed by atoms with Crippen molar-refractivity contribution in [2.75, 3.05) is 17.1 Å². The predicted molar refractivity (Wildman–Crippen MR) is 136 cm³/mol. The van der Waals surface area contributed by atoms with Crippen LogP contribution in [0.25, 0.3) is 0 Å². The zero-order valence-electron chi connectivity index (χ0n) is 19.3. The molecular formula is C23H29BrClN3O4S. The number of hydrogen-bond donors (Lipinski definition) is 1. The van der Waals surface area contributed by atoms with Crippen molar-refractivity contribution in [3.63, 3.8) is 0 Å². The molecule has 2 aromatic rings. The van der Waals surface area contributed by atoms with Crippen LogP contribution in [-0.4, -0.2) is 49.5 Å². The fourth-order valence-corrected chi connectivity index (χ4v) is 4.70. The molecule has 2 aromatic carbocycles. The molecule has 10 heteroatoms. The fraction of sp³-hybridized carbons (Fsp3) is 0.391. The van der Waals surface area contributed by atoms with Gasteiger partial charge in [-0.25, -0.2) is 8.42 Å². The lowest BCUT2D eigenvalue weighted by atomic mass is 10.1. The molecule has 0 bridgehead atoms. The number of carbonyl (C=O) groups is 2. The highest BCUT2D eigenvalue weighted by Crippen LogP contribution is 2.28. The van der Waals surface area contributed by atoms with Gasteiger partial charge in [-0.15, -0.1) is 0 Å². The van der Waals surface area contributed by atoms with Gasteiger partial charge in [0.05, 0.1) is 11.9 Å². The van der Waals surface area contributed by atoms with Gasteiger partial charge in [0.2, 0.25) is 21.8 Å². The zero-order chi connectivity index (χ0) is 25.0. The van der Waals surface area contributed by atoms with Gasteiger partial charge in [-0.05, 0) is 73.5 Å². The highest BCUT2D eigenvalue weighted by atomic mass is 79.9. The normalized spacial score (nSPS) is 12.7. The maximum Gasteiger partial charge on any atom is 0.244 e. The fourth-order valence-electron chi connectivity index (χ4n) is 3.09. The molecule has 0 saturated carbocycles. The number of sulfonamides is 1. The first kappa shape index (κ1) is 27.1. The van der Waals surface area contributed by atoms with E-state index in [0.29, 0.717) is 15.2 Å². The van der Waals surface area contributed by atoms with E-state index >= 15 is 0 Å². The molecule has 0 aliphatic heterocycles. The van der Waals surface area contributed by atoms with Crippen LogP contribution < -0.4 is 9.62 Å². The third kappa shape index (κ3) is 8.01. The topological polar surface area (TPSA) is 86.8 Å². The van der Waals surface area contributed by atoms with Crippen LogP contribution in [0.15, 0.2) is 53.0 Å². The lowest BCUT2D eigenvalue weighted by Gasteiger charge is -2.33. The third-order valence-corrected chi connectivity index (χ3v) is 6.78. The number of hydrogen-bond acceptors (Lipinski definition) is 4. The summed E-state index contributed by atoms with van der Waals surface area (Å²) in [5.41, 5.74) is 0.607. The second kappa shape index (κ2) is 10.9. The first-order valence-corrected chi connectivity index (χ1v) is 13.3. The number of carbonyl (C=O) groups excluding carboxylic acids is 2.